The van der Waals surface area contributed by atoms with Crippen LogP contribution in [-0.2, 0) is 0 Å². The van der Waals surface area contributed by atoms with Crippen LogP contribution >= 0.6 is 0 Å². The van der Waals surface area contributed by atoms with E-state index in [0.29, 0.717) is 23.3 Å². The molecule has 45 heavy (non-hydrogen) atoms. The number of likely N-dealkylation sites (N-methyl/N-ethyl adjacent to an activating group) is 1. The molecular formula is C34H44F3N7O. The molecular weight excluding hydrogens is 579 g/mol. The Bertz CT molecular complexity index is 1490. The molecule has 0 radical (unpaired) electrons. The predicted octanol–water partition coefficient (Wildman–Crippen LogP) is 6.86. The number of fused-ring (bicyclic) bond motifs is 1. The molecule has 1 N–H and O–H groups in total. The van der Waals surface area contributed by atoms with Crippen LogP contribution in [0.2, 0.25) is 0 Å². The fourth-order valence-electron chi connectivity index (χ4n) is 6.93. The number of hydrogen-bond acceptors (Lipinski definition) is 8. The first-order chi connectivity index (χ1) is 21.7. The quantitative estimate of drug-likeness (QED) is 0.277. The Balaban J connectivity index is 1.25. The van der Waals surface area contributed by atoms with Crippen LogP contribution in [0.15, 0.2) is 30.5 Å². The number of aromatic nitrogens is 3. The number of piperidine rings is 1. The average molecular weight is 624 g/mol. The largest absolute Gasteiger partial charge is 0.453 e. The molecule has 0 bridgehead atoms. The summed E-state index contributed by atoms with van der Waals surface area (Å²) in [5.41, 5.74) is 3.02. The highest BCUT2D eigenvalue weighted by molar-refractivity contribution is 5.73. The van der Waals surface area contributed by atoms with E-state index < -0.39 is 18.0 Å². The summed E-state index contributed by atoms with van der Waals surface area (Å²) in [6.45, 7) is 8.06. The highest BCUT2D eigenvalue weighted by Gasteiger charge is 2.31. The molecule has 3 aliphatic rings. The van der Waals surface area contributed by atoms with Crippen molar-refractivity contribution in [2.24, 2.45) is 0 Å². The Labute approximate surface area is 264 Å². The van der Waals surface area contributed by atoms with Crippen LogP contribution in [0.1, 0.15) is 75.5 Å². The molecule has 4 heterocycles. The van der Waals surface area contributed by atoms with Gasteiger partial charge in [-0.15, -0.1) is 0 Å². The fourth-order valence-corrected chi connectivity index (χ4v) is 6.93. The van der Waals surface area contributed by atoms with Crippen LogP contribution in [0.5, 0.6) is 5.75 Å². The van der Waals surface area contributed by atoms with E-state index in [1.807, 2.05) is 19.9 Å². The van der Waals surface area contributed by atoms with Crippen molar-refractivity contribution in [1.29, 1.82) is 0 Å². The third-order valence-corrected chi connectivity index (χ3v) is 9.39. The first-order valence-corrected chi connectivity index (χ1v) is 16.2. The number of alkyl halides is 1. The van der Waals surface area contributed by atoms with Crippen molar-refractivity contribution in [1.82, 2.24) is 24.8 Å². The van der Waals surface area contributed by atoms with Gasteiger partial charge in [-0.1, -0.05) is 18.9 Å². The predicted molar refractivity (Wildman–Crippen MR) is 171 cm³/mol. The number of rotatable bonds is 9. The summed E-state index contributed by atoms with van der Waals surface area (Å²) in [5.74, 6) is 0.0258. The minimum absolute atomic E-state index is 0.0484. The van der Waals surface area contributed by atoms with Gasteiger partial charge in [-0.25, -0.2) is 23.7 Å². The van der Waals surface area contributed by atoms with Crippen molar-refractivity contribution in [2.45, 2.75) is 76.6 Å². The van der Waals surface area contributed by atoms with E-state index >= 15 is 8.78 Å². The van der Waals surface area contributed by atoms with Crippen molar-refractivity contribution in [2.75, 3.05) is 57.0 Å². The lowest BCUT2D eigenvalue weighted by Gasteiger charge is -2.36. The van der Waals surface area contributed by atoms with Crippen molar-refractivity contribution >= 4 is 17.5 Å². The normalized spacial score (nSPS) is 19.8. The molecule has 1 saturated carbocycles. The second-order valence-electron chi connectivity index (χ2n) is 13.2. The van der Waals surface area contributed by atoms with Gasteiger partial charge in [-0.05, 0) is 96.4 Å². The Morgan fingerprint density at radius 3 is 2.47 bits per heavy atom. The van der Waals surface area contributed by atoms with Crippen molar-refractivity contribution in [3.8, 4) is 17.0 Å². The maximum atomic E-state index is 15.2. The van der Waals surface area contributed by atoms with E-state index in [4.69, 9.17) is 9.72 Å². The number of anilines is 3. The molecule has 1 unspecified atom stereocenters. The van der Waals surface area contributed by atoms with Gasteiger partial charge in [0.2, 0.25) is 5.95 Å². The highest BCUT2D eigenvalue weighted by Crippen LogP contribution is 2.42. The van der Waals surface area contributed by atoms with Gasteiger partial charge in [0.05, 0.1) is 18.4 Å². The molecule has 3 aromatic rings. The maximum absolute atomic E-state index is 15.2. The standard InChI is InChI=1S/C34H44F3N7O/c1-21(2)44-20-29(37)45-33-26(35)17-24(18-28(33)44)32-27(36)19-38-34(41-32)40-30-10-9-25(31(39-30)23-7-5-6-8-23)22-11-13-43(14-12-22)16-15-42(3)4/h9-10,17-19,21-23,29H,5-8,11-16,20H2,1-4H3,(H,38,39,40,41). The summed E-state index contributed by atoms with van der Waals surface area (Å²) in [6, 6.07) is 6.76. The topological polar surface area (TPSA) is 69.7 Å². The zero-order chi connectivity index (χ0) is 31.7. The van der Waals surface area contributed by atoms with Gasteiger partial charge in [0, 0.05) is 36.3 Å². The highest BCUT2D eigenvalue weighted by atomic mass is 19.1. The van der Waals surface area contributed by atoms with Gasteiger partial charge < -0.3 is 24.8 Å². The molecule has 1 aliphatic carbocycles. The Kier molecular flexibility index (Phi) is 9.46. The minimum Gasteiger partial charge on any atom is -0.453 e. The van der Waals surface area contributed by atoms with Gasteiger partial charge in [-0.3, -0.25) is 0 Å². The van der Waals surface area contributed by atoms with E-state index in [1.54, 1.807) is 11.0 Å². The lowest BCUT2D eigenvalue weighted by Crippen LogP contribution is -2.42. The van der Waals surface area contributed by atoms with Gasteiger partial charge in [0.1, 0.15) is 11.5 Å². The van der Waals surface area contributed by atoms with E-state index in [9.17, 15) is 4.39 Å². The number of nitrogens with one attached hydrogen (secondary N) is 1. The van der Waals surface area contributed by atoms with Crippen LogP contribution in [0.3, 0.4) is 0 Å². The summed E-state index contributed by atoms with van der Waals surface area (Å²) in [5, 5.41) is 3.19. The van der Waals surface area contributed by atoms with Crippen LogP contribution in [0, 0.1) is 11.6 Å². The van der Waals surface area contributed by atoms with Gasteiger partial charge >= 0.3 is 0 Å². The zero-order valence-electron chi connectivity index (χ0n) is 26.7. The summed E-state index contributed by atoms with van der Waals surface area (Å²) >= 11 is 0. The molecule has 1 aromatic carbocycles. The summed E-state index contributed by atoms with van der Waals surface area (Å²) < 4.78 is 49.6. The smallest absolute Gasteiger partial charge is 0.256 e. The number of nitrogens with zero attached hydrogens (tertiary/aromatic N) is 6. The first-order valence-electron chi connectivity index (χ1n) is 16.2. The number of likely N-dealkylation sites (tertiary alicyclic amines) is 1. The van der Waals surface area contributed by atoms with Crippen molar-refractivity contribution < 1.29 is 17.9 Å². The molecule has 6 rings (SSSR count). The SMILES string of the molecule is CC(C)N1CC(F)Oc2c(F)cc(-c3nc(Nc4ccc(C5CCN(CCN(C)C)CC5)c(C5CCCC5)n4)ncc3F)cc21. The maximum Gasteiger partial charge on any atom is 0.256 e. The molecule has 2 aliphatic heterocycles. The lowest BCUT2D eigenvalue weighted by atomic mass is 9.85. The second kappa shape index (κ2) is 13.5. The molecule has 2 aromatic heterocycles. The molecule has 11 heteroatoms. The number of pyridine rings is 1. The molecule has 8 nitrogen and oxygen atoms in total. The Hall–Kier alpha value is -3.44. The third kappa shape index (κ3) is 7.04. The molecule has 0 spiro atoms. The van der Waals surface area contributed by atoms with Crippen molar-refractivity contribution in [3.05, 3.63) is 53.4 Å². The zero-order valence-corrected chi connectivity index (χ0v) is 26.7. The summed E-state index contributed by atoms with van der Waals surface area (Å²) in [4.78, 5) is 20.2. The van der Waals surface area contributed by atoms with Crippen LogP contribution in [0.4, 0.5) is 30.6 Å². The summed E-state index contributed by atoms with van der Waals surface area (Å²) in [6.07, 6.45) is 6.34. The Morgan fingerprint density at radius 2 is 1.76 bits per heavy atom. The lowest BCUT2D eigenvalue weighted by molar-refractivity contribution is 0.0591. The fraction of sp³-hybridized carbons (Fsp3) is 0.559. The monoisotopic (exact) mass is 623 g/mol. The van der Waals surface area contributed by atoms with E-state index in [0.717, 1.165) is 69.8 Å². The van der Waals surface area contributed by atoms with Crippen LogP contribution in [0.25, 0.3) is 11.3 Å². The number of hydrogen-bond donors (Lipinski definition) is 1. The van der Waals surface area contributed by atoms with E-state index in [-0.39, 0.29) is 35.5 Å². The van der Waals surface area contributed by atoms with Crippen LogP contribution < -0.4 is 15.0 Å². The van der Waals surface area contributed by atoms with Gasteiger partial charge in [-0.2, -0.15) is 4.39 Å². The molecule has 1 atom stereocenters. The Morgan fingerprint density at radius 1 is 1.00 bits per heavy atom. The van der Waals surface area contributed by atoms with Gasteiger partial charge in [0.15, 0.2) is 17.4 Å². The minimum atomic E-state index is -1.65. The number of halogens is 3. The first kappa shape index (κ1) is 31.5. The molecule has 0 amide bonds. The van der Waals surface area contributed by atoms with Crippen LogP contribution in [-0.4, -0.2) is 84.0 Å². The summed E-state index contributed by atoms with van der Waals surface area (Å²) in [7, 11) is 4.23. The second-order valence-corrected chi connectivity index (χ2v) is 13.2. The van der Waals surface area contributed by atoms with E-state index in [2.05, 4.69) is 45.2 Å². The molecule has 242 valence electrons. The molecule has 2 fully saturated rings. The molecule has 1 saturated heterocycles. The third-order valence-electron chi connectivity index (χ3n) is 9.39. The number of ether oxygens (including phenoxy) is 1. The van der Waals surface area contributed by atoms with E-state index in [1.165, 1.54) is 18.4 Å². The average Bonchev–Trinajstić information content (AvgIpc) is 3.56. The van der Waals surface area contributed by atoms with Gasteiger partial charge in [0.25, 0.3) is 6.36 Å². The number of benzene rings is 1. The van der Waals surface area contributed by atoms with Crippen molar-refractivity contribution in [3.63, 3.8) is 0 Å².